The maximum absolute atomic E-state index is 12.5. The number of nitrogens with zero attached hydrogens (tertiary/aromatic N) is 1. The number of halogens is 1. The van der Waals surface area contributed by atoms with Crippen molar-refractivity contribution < 1.29 is 14.3 Å². The van der Waals surface area contributed by atoms with E-state index in [-0.39, 0.29) is 5.91 Å². The number of ether oxygens (including phenoxy) is 2. The predicted octanol–water partition coefficient (Wildman–Crippen LogP) is 3.77. The van der Waals surface area contributed by atoms with E-state index in [1.54, 1.807) is 38.1 Å². The van der Waals surface area contributed by atoms with Crippen molar-refractivity contribution in [2.24, 2.45) is 0 Å². The lowest BCUT2D eigenvalue weighted by atomic mass is 10.2. The van der Waals surface area contributed by atoms with Crippen molar-refractivity contribution in [1.82, 2.24) is 4.90 Å². The summed E-state index contributed by atoms with van der Waals surface area (Å²) in [4.78, 5) is 14.1. The fraction of sp³-hybridized carbons (Fsp3) is 0.278. The lowest BCUT2D eigenvalue weighted by molar-refractivity contribution is -0.137. The first-order chi connectivity index (χ1) is 11.0. The Labute approximate surface area is 141 Å². The summed E-state index contributed by atoms with van der Waals surface area (Å²) in [5.41, 5.74) is 0.941. The minimum absolute atomic E-state index is 0.129. The average Bonchev–Trinajstić information content (AvgIpc) is 2.56. The molecule has 0 aromatic heterocycles. The van der Waals surface area contributed by atoms with Crippen LogP contribution in [0.2, 0.25) is 5.02 Å². The summed E-state index contributed by atoms with van der Waals surface area (Å²) >= 11 is 6.06. The minimum atomic E-state index is -0.630. The number of likely N-dealkylation sites (N-methyl/N-ethyl adjacent to an activating group) is 1. The Balaban J connectivity index is 2.03. The summed E-state index contributed by atoms with van der Waals surface area (Å²) in [5.74, 6) is 1.13. The van der Waals surface area contributed by atoms with Crippen molar-refractivity contribution in [1.29, 1.82) is 0 Å². The molecule has 4 nitrogen and oxygen atoms in total. The Morgan fingerprint density at radius 3 is 2.39 bits per heavy atom. The van der Waals surface area contributed by atoms with Crippen LogP contribution in [0.15, 0.2) is 48.5 Å². The molecule has 0 aliphatic rings. The van der Waals surface area contributed by atoms with Gasteiger partial charge in [-0.25, -0.2) is 0 Å². The molecule has 0 saturated heterocycles. The van der Waals surface area contributed by atoms with Gasteiger partial charge in [0, 0.05) is 19.2 Å². The highest BCUT2D eigenvalue weighted by atomic mass is 35.5. The zero-order valence-corrected chi connectivity index (χ0v) is 14.2. The molecule has 0 aliphatic carbocycles. The second-order valence-electron chi connectivity index (χ2n) is 5.20. The summed E-state index contributed by atoms with van der Waals surface area (Å²) in [6, 6.07) is 14.7. The van der Waals surface area contributed by atoms with Gasteiger partial charge in [0.05, 0.1) is 12.1 Å². The van der Waals surface area contributed by atoms with E-state index in [1.807, 2.05) is 36.4 Å². The molecule has 0 fully saturated rings. The third-order valence-corrected chi connectivity index (χ3v) is 3.78. The third-order valence-electron chi connectivity index (χ3n) is 3.46. The quantitative estimate of drug-likeness (QED) is 0.807. The number of hydrogen-bond donors (Lipinski definition) is 0. The molecular formula is C18H20ClNO3. The van der Waals surface area contributed by atoms with Crippen LogP contribution in [0, 0.1) is 0 Å². The smallest absolute Gasteiger partial charge is 0.263 e. The van der Waals surface area contributed by atoms with Crippen molar-refractivity contribution in [2.75, 3.05) is 14.2 Å². The normalized spacial score (nSPS) is 11.7. The molecule has 2 rings (SSSR count). The number of methoxy groups -OCH3 is 1. The third kappa shape index (κ3) is 4.39. The topological polar surface area (TPSA) is 38.8 Å². The molecular weight excluding hydrogens is 314 g/mol. The Bertz CT molecular complexity index is 675. The SMILES string of the molecule is COc1ccccc1CN(C)C(=O)[C@@H](C)Oc1ccccc1Cl. The van der Waals surface area contributed by atoms with Gasteiger partial charge in [0.2, 0.25) is 0 Å². The zero-order chi connectivity index (χ0) is 16.8. The number of rotatable bonds is 6. The van der Waals surface area contributed by atoms with Crippen LogP contribution in [0.25, 0.3) is 0 Å². The average molecular weight is 334 g/mol. The lowest BCUT2D eigenvalue weighted by Gasteiger charge is -2.23. The molecule has 0 unspecified atom stereocenters. The van der Waals surface area contributed by atoms with E-state index in [2.05, 4.69) is 0 Å². The number of benzene rings is 2. The van der Waals surface area contributed by atoms with Crippen molar-refractivity contribution >= 4 is 17.5 Å². The summed E-state index contributed by atoms with van der Waals surface area (Å²) in [7, 11) is 3.35. The van der Waals surface area contributed by atoms with Crippen molar-refractivity contribution in [3.8, 4) is 11.5 Å². The van der Waals surface area contributed by atoms with E-state index in [1.165, 1.54) is 0 Å². The maximum atomic E-state index is 12.5. The molecule has 0 bridgehead atoms. The molecule has 1 atom stereocenters. The van der Waals surface area contributed by atoms with E-state index in [0.29, 0.717) is 17.3 Å². The molecule has 0 aliphatic heterocycles. The van der Waals surface area contributed by atoms with Gasteiger partial charge in [0.15, 0.2) is 6.10 Å². The minimum Gasteiger partial charge on any atom is -0.496 e. The van der Waals surface area contributed by atoms with E-state index >= 15 is 0 Å². The highest BCUT2D eigenvalue weighted by Gasteiger charge is 2.21. The van der Waals surface area contributed by atoms with Gasteiger partial charge in [0.25, 0.3) is 5.91 Å². The molecule has 23 heavy (non-hydrogen) atoms. The van der Waals surface area contributed by atoms with Crippen LogP contribution in [0.4, 0.5) is 0 Å². The fourth-order valence-corrected chi connectivity index (χ4v) is 2.44. The largest absolute Gasteiger partial charge is 0.496 e. The first-order valence-electron chi connectivity index (χ1n) is 7.31. The molecule has 0 spiro atoms. The second kappa shape index (κ2) is 7.88. The van der Waals surface area contributed by atoms with Gasteiger partial charge in [-0.3, -0.25) is 4.79 Å². The predicted molar refractivity (Wildman–Crippen MR) is 91.0 cm³/mol. The van der Waals surface area contributed by atoms with Gasteiger partial charge in [-0.2, -0.15) is 0 Å². The van der Waals surface area contributed by atoms with Gasteiger partial charge in [-0.1, -0.05) is 41.9 Å². The standard InChI is InChI=1S/C18H20ClNO3/c1-13(23-17-11-7-5-9-15(17)19)18(21)20(2)12-14-8-4-6-10-16(14)22-3/h4-11,13H,12H2,1-3H3/t13-/m1/s1. The lowest BCUT2D eigenvalue weighted by Crippen LogP contribution is -2.37. The zero-order valence-electron chi connectivity index (χ0n) is 13.5. The molecule has 1 amide bonds. The molecule has 0 saturated carbocycles. The van der Waals surface area contributed by atoms with Crippen molar-refractivity contribution in [3.63, 3.8) is 0 Å². The van der Waals surface area contributed by atoms with Crippen LogP contribution in [-0.2, 0) is 11.3 Å². The Morgan fingerprint density at radius 2 is 1.74 bits per heavy atom. The summed E-state index contributed by atoms with van der Waals surface area (Å²) in [5, 5.41) is 0.486. The van der Waals surface area contributed by atoms with Gasteiger partial charge in [0.1, 0.15) is 11.5 Å². The van der Waals surface area contributed by atoms with Gasteiger partial charge in [-0.15, -0.1) is 0 Å². The molecule has 2 aromatic carbocycles. The van der Waals surface area contributed by atoms with Crippen LogP contribution in [-0.4, -0.2) is 31.1 Å². The molecule has 122 valence electrons. The maximum Gasteiger partial charge on any atom is 0.263 e. The van der Waals surface area contributed by atoms with Crippen molar-refractivity contribution in [2.45, 2.75) is 19.6 Å². The first-order valence-corrected chi connectivity index (χ1v) is 7.68. The van der Waals surface area contributed by atoms with Crippen LogP contribution in [0.3, 0.4) is 0 Å². The van der Waals surface area contributed by atoms with E-state index in [4.69, 9.17) is 21.1 Å². The Kier molecular flexibility index (Phi) is 5.88. The molecule has 0 radical (unpaired) electrons. The van der Waals surface area contributed by atoms with Gasteiger partial charge < -0.3 is 14.4 Å². The number of para-hydroxylation sites is 2. The summed E-state index contributed by atoms with van der Waals surface area (Å²) in [6.45, 7) is 2.16. The second-order valence-corrected chi connectivity index (χ2v) is 5.60. The van der Waals surface area contributed by atoms with Crippen molar-refractivity contribution in [3.05, 3.63) is 59.1 Å². The van der Waals surface area contributed by atoms with E-state index in [0.717, 1.165) is 11.3 Å². The first kappa shape index (κ1) is 17.2. The van der Waals surface area contributed by atoms with E-state index < -0.39 is 6.10 Å². The Hall–Kier alpha value is -2.20. The van der Waals surface area contributed by atoms with Crippen LogP contribution < -0.4 is 9.47 Å². The van der Waals surface area contributed by atoms with Crippen LogP contribution in [0.5, 0.6) is 11.5 Å². The van der Waals surface area contributed by atoms with Crippen LogP contribution >= 0.6 is 11.6 Å². The van der Waals surface area contributed by atoms with E-state index in [9.17, 15) is 4.79 Å². The monoisotopic (exact) mass is 333 g/mol. The number of amides is 1. The fourth-order valence-electron chi connectivity index (χ4n) is 2.26. The van der Waals surface area contributed by atoms with Gasteiger partial charge >= 0.3 is 0 Å². The number of hydrogen-bond acceptors (Lipinski definition) is 3. The van der Waals surface area contributed by atoms with Crippen LogP contribution in [0.1, 0.15) is 12.5 Å². The summed E-state index contributed by atoms with van der Waals surface area (Å²) in [6.07, 6.45) is -0.630. The number of carbonyl (C=O) groups is 1. The Morgan fingerprint density at radius 1 is 1.13 bits per heavy atom. The molecule has 5 heteroatoms. The molecule has 0 heterocycles. The molecule has 0 N–H and O–H groups in total. The number of carbonyl (C=O) groups excluding carboxylic acids is 1. The highest BCUT2D eigenvalue weighted by Crippen LogP contribution is 2.25. The highest BCUT2D eigenvalue weighted by molar-refractivity contribution is 6.32. The van der Waals surface area contributed by atoms with Gasteiger partial charge in [-0.05, 0) is 25.1 Å². The molecule has 2 aromatic rings. The summed E-state index contributed by atoms with van der Waals surface area (Å²) < 4.78 is 11.0.